The lowest BCUT2D eigenvalue weighted by Crippen LogP contribution is -2.16. The Bertz CT molecular complexity index is 482. The summed E-state index contributed by atoms with van der Waals surface area (Å²) < 4.78 is 2.24. The van der Waals surface area contributed by atoms with Crippen LogP contribution in [0.3, 0.4) is 0 Å². The van der Waals surface area contributed by atoms with Crippen molar-refractivity contribution in [1.82, 2.24) is 19.9 Å². The SMILES string of the molecule is Cc1cc(CNCCCc2ncc[nH]2)c(C)n1C. The van der Waals surface area contributed by atoms with Gasteiger partial charge in [0.1, 0.15) is 5.82 Å². The molecule has 2 aromatic heterocycles. The van der Waals surface area contributed by atoms with Crippen molar-refractivity contribution >= 4 is 0 Å². The smallest absolute Gasteiger partial charge is 0.106 e. The fourth-order valence-corrected chi connectivity index (χ4v) is 2.15. The molecule has 2 N–H and O–H groups in total. The van der Waals surface area contributed by atoms with Gasteiger partial charge in [-0.15, -0.1) is 0 Å². The van der Waals surface area contributed by atoms with Gasteiger partial charge < -0.3 is 14.9 Å². The van der Waals surface area contributed by atoms with Crippen molar-refractivity contribution in [3.63, 3.8) is 0 Å². The zero-order chi connectivity index (χ0) is 13.0. The minimum absolute atomic E-state index is 0.950. The number of aryl methyl sites for hydroxylation is 2. The molecule has 0 atom stereocenters. The molecule has 0 saturated carbocycles. The highest BCUT2D eigenvalue weighted by molar-refractivity contribution is 5.26. The van der Waals surface area contributed by atoms with Gasteiger partial charge in [0.05, 0.1) is 0 Å². The van der Waals surface area contributed by atoms with Gasteiger partial charge in [-0.05, 0) is 38.4 Å². The second-order valence-electron chi connectivity index (χ2n) is 4.77. The lowest BCUT2D eigenvalue weighted by molar-refractivity contribution is 0.638. The van der Waals surface area contributed by atoms with Crippen LogP contribution in [0.2, 0.25) is 0 Å². The number of hydrogen-bond acceptors (Lipinski definition) is 2. The minimum atomic E-state index is 0.950. The van der Waals surface area contributed by atoms with Gasteiger partial charge in [-0.2, -0.15) is 0 Å². The van der Waals surface area contributed by atoms with Crippen LogP contribution in [0.4, 0.5) is 0 Å². The summed E-state index contributed by atoms with van der Waals surface area (Å²) >= 11 is 0. The number of aromatic amines is 1. The lowest BCUT2D eigenvalue weighted by Gasteiger charge is -2.05. The summed E-state index contributed by atoms with van der Waals surface area (Å²) in [5, 5.41) is 3.49. The van der Waals surface area contributed by atoms with Crippen LogP contribution in [0.15, 0.2) is 18.5 Å². The van der Waals surface area contributed by atoms with Gasteiger partial charge >= 0.3 is 0 Å². The molecule has 2 heterocycles. The summed E-state index contributed by atoms with van der Waals surface area (Å²) in [5.41, 5.74) is 4.07. The fourth-order valence-electron chi connectivity index (χ4n) is 2.15. The van der Waals surface area contributed by atoms with Gasteiger partial charge in [0.2, 0.25) is 0 Å². The molecular weight excluding hydrogens is 224 g/mol. The molecule has 0 fully saturated rings. The molecule has 0 unspecified atom stereocenters. The van der Waals surface area contributed by atoms with Crippen LogP contribution in [0.25, 0.3) is 0 Å². The first-order valence-corrected chi connectivity index (χ1v) is 6.49. The molecule has 4 nitrogen and oxygen atoms in total. The normalized spacial score (nSPS) is 11.1. The van der Waals surface area contributed by atoms with Crippen molar-refractivity contribution in [3.8, 4) is 0 Å². The summed E-state index contributed by atoms with van der Waals surface area (Å²) in [6, 6.07) is 2.26. The maximum atomic E-state index is 4.21. The monoisotopic (exact) mass is 246 g/mol. The highest BCUT2D eigenvalue weighted by atomic mass is 15.0. The predicted molar refractivity (Wildman–Crippen MR) is 73.5 cm³/mol. The number of rotatable bonds is 6. The Hall–Kier alpha value is -1.55. The van der Waals surface area contributed by atoms with Gasteiger partial charge in [-0.25, -0.2) is 4.98 Å². The molecule has 2 aromatic rings. The van der Waals surface area contributed by atoms with Crippen molar-refractivity contribution in [2.75, 3.05) is 6.54 Å². The van der Waals surface area contributed by atoms with Crippen molar-refractivity contribution < 1.29 is 0 Å². The third-order valence-electron chi connectivity index (χ3n) is 3.52. The second kappa shape index (κ2) is 5.87. The molecule has 2 rings (SSSR count). The summed E-state index contributed by atoms with van der Waals surface area (Å²) in [4.78, 5) is 7.34. The zero-order valence-electron chi connectivity index (χ0n) is 11.5. The molecule has 0 bridgehead atoms. The van der Waals surface area contributed by atoms with E-state index in [1.165, 1.54) is 17.0 Å². The number of nitrogens with one attached hydrogen (secondary N) is 2. The fraction of sp³-hybridized carbons (Fsp3) is 0.500. The van der Waals surface area contributed by atoms with Gasteiger partial charge in [0, 0.05) is 43.8 Å². The van der Waals surface area contributed by atoms with Gasteiger partial charge in [0.15, 0.2) is 0 Å². The Morgan fingerprint density at radius 1 is 1.39 bits per heavy atom. The predicted octanol–water partition coefficient (Wildman–Crippen LogP) is 2.09. The third-order valence-corrected chi connectivity index (χ3v) is 3.52. The van der Waals surface area contributed by atoms with E-state index >= 15 is 0 Å². The highest BCUT2D eigenvalue weighted by Crippen LogP contribution is 2.12. The van der Waals surface area contributed by atoms with Crippen LogP contribution in [0, 0.1) is 13.8 Å². The number of nitrogens with zero attached hydrogens (tertiary/aromatic N) is 2. The Morgan fingerprint density at radius 2 is 2.22 bits per heavy atom. The molecular formula is C14H22N4. The van der Waals surface area contributed by atoms with Crippen molar-refractivity contribution in [2.45, 2.75) is 33.2 Å². The molecule has 0 aliphatic rings. The molecule has 0 aliphatic carbocycles. The number of imidazole rings is 1. The molecule has 18 heavy (non-hydrogen) atoms. The topological polar surface area (TPSA) is 45.6 Å². The molecule has 0 radical (unpaired) electrons. The molecule has 0 saturated heterocycles. The average Bonchev–Trinajstić information content (AvgIpc) is 2.95. The van der Waals surface area contributed by atoms with Gasteiger partial charge in [-0.1, -0.05) is 0 Å². The molecule has 98 valence electrons. The Morgan fingerprint density at radius 3 is 2.83 bits per heavy atom. The highest BCUT2D eigenvalue weighted by Gasteiger charge is 2.04. The number of aromatic nitrogens is 3. The van der Waals surface area contributed by atoms with Crippen molar-refractivity contribution in [3.05, 3.63) is 41.2 Å². The molecule has 0 aliphatic heterocycles. The van der Waals surface area contributed by atoms with Crippen LogP contribution in [0.1, 0.15) is 29.2 Å². The van der Waals surface area contributed by atoms with Gasteiger partial charge in [0.25, 0.3) is 0 Å². The summed E-state index contributed by atoms with van der Waals surface area (Å²) in [5.74, 6) is 1.07. The van der Waals surface area contributed by atoms with Crippen LogP contribution >= 0.6 is 0 Å². The van der Waals surface area contributed by atoms with E-state index in [1.54, 1.807) is 6.20 Å². The first kappa shape index (κ1) is 12.9. The summed E-state index contributed by atoms with van der Waals surface area (Å²) in [6.45, 7) is 6.29. The zero-order valence-corrected chi connectivity index (χ0v) is 11.5. The largest absolute Gasteiger partial charge is 0.352 e. The first-order chi connectivity index (χ1) is 8.68. The van der Waals surface area contributed by atoms with E-state index in [-0.39, 0.29) is 0 Å². The maximum absolute atomic E-state index is 4.21. The van der Waals surface area contributed by atoms with Crippen LogP contribution < -0.4 is 5.32 Å². The Kier molecular flexibility index (Phi) is 4.20. The average molecular weight is 246 g/mol. The summed E-state index contributed by atoms with van der Waals surface area (Å²) in [7, 11) is 2.12. The molecule has 4 heteroatoms. The standard InChI is InChI=1S/C14H22N4/c1-11-9-13(12(2)18(11)3)10-15-6-4-5-14-16-7-8-17-14/h7-9,15H,4-6,10H2,1-3H3,(H,16,17). The van der Waals surface area contributed by atoms with E-state index in [2.05, 4.69) is 46.8 Å². The molecule has 0 spiro atoms. The van der Waals surface area contributed by atoms with Crippen molar-refractivity contribution in [2.24, 2.45) is 7.05 Å². The molecule has 0 aromatic carbocycles. The number of hydrogen-bond donors (Lipinski definition) is 2. The van der Waals surface area contributed by atoms with E-state index in [4.69, 9.17) is 0 Å². The van der Waals surface area contributed by atoms with E-state index in [0.29, 0.717) is 0 Å². The molecule has 0 amide bonds. The van der Waals surface area contributed by atoms with E-state index < -0.39 is 0 Å². The van der Waals surface area contributed by atoms with E-state index in [0.717, 1.165) is 31.8 Å². The van der Waals surface area contributed by atoms with Crippen LogP contribution in [0.5, 0.6) is 0 Å². The van der Waals surface area contributed by atoms with Crippen LogP contribution in [-0.2, 0) is 20.0 Å². The lowest BCUT2D eigenvalue weighted by atomic mass is 10.2. The van der Waals surface area contributed by atoms with E-state index in [1.807, 2.05) is 6.20 Å². The number of H-pyrrole nitrogens is 1. The Labute approximate surface area is 108 Å². The van der Waals surface area contributed by atoms with Crippen LogP contribution in [-0.4, -0.2) is 21.1 Å². The first-order valence-electron chi connectivity index (χ1n) is 6.49. The second-order valence-corrected chi connectivity index (χ2v) is 4.77. The minimum Gasteiger partial charge on any atom is -0.352 e. The summed E-state index contributed by atoms with van der Waals surface area (Å²) in [6.07, 6.45) is 5.79. The maximum Gasteiger partial charge on any atom is 0.106 e. The van der Waals surface area contributed by atoms with E-state index in [9.17, 15) is 0 Å². The third kappa shape index (κ3) is 3.01. The van der Waals surface area contributed by atoms with Gasteiger partial charge in [-0.3, -0.25) is 0 Å². The van der Waals surface area contributed by atoms with Crippen molar-refractivity contribution in [1.29, 1.82) is 0 Å². The quantitative estimate of drug-likeness (QED) is 0.767. The Balaban J connectivity index is 1.70.